The number of hydrogen-bond acceptors (Lipinski definition) is 2. The number of nitrogen functional groups attached to an aromatic ring is 1. The van der Waals surface area contributed by atoms with Gasteiger partial charge in [-0.1, -0.05) is 12.2 Å². The van der Waals surface area contributed by atoms with Gasteiger partial charge in [0.05, 0.1) is 12.3 Å². The number of anilines is 1. The molecule has 1 rings (SSSR count). The highest BCUT2D eigenvalue weighted by atomic mass is 19.1. The molecule has 0 aliphatic heterocycles. The summed E-state index contributed by atoms with van der Waals surface area (Å²) >= 11 is 0. The summed E-state index contributed by atoms with van der Waals surface area (Å²) in [5.74, 6) is -1.28. The fourth-order valence-electron chi connectivity index (χ4n) is 0.885. The lowest BCUT2D eigenvalue weighted by atomic mass is 10.1. The van der Waals surface area contributed by atoms with Gasteiger partial charge in [-0.05, 0) is 6.07 Å². The fraction of sp³-hybridized carbons (Fsp3) is 0.111. The lowest BCUT2D eigenvalue weighted by Gasteiger charge is -2.00. The second-order valence-corrected chi connectivity index (χ2v) is 2.48. The van der Waals surface area contributed by atoms with Crippen LogP contribution in [-0.2, 0) is 0 Å². The molecule has 0 fully saturated rings. The minimum absolute atomic E-state index is 0.0701. The van der Waals surface area contributed by atoms with E-state index < -0.39 is 11.6 Å². The second-order valence-electron chi connectivity index (χ2n) is 2.48. The quantitative estimate of drug-likeness (QED) is 0.686. The summed E-state index contributed by atoms with van der Waals surface area (Å²) in [6, 6.07) is 1.89. The van der Waals surface area contributed by atoms with Crippen LogP contribution in [0.3, 0.4) is 0 Å². The molecule has 0 aliphatic carbocycles. The summed E-state index contributed by atoms with van der Waals surface area (Å²) < 4.78 is 25.8. The minimum atomic E-state index is -0.668. The molecule has 3 N–H and O–H groups in total. The van der Waals surface area contributed by atoms with Gasteiger partial charge in [0.15, 0.2) is 0 Å². The molecule has 0 amide bonds. The molecule has 0 atom stereocenters. The first-order valence-corrected chi connectivity index (χ1v) is 3.67. The normalized spacial score (nSPS) is 11.0. The van der Waals surface area contributed by atoms with Crippen LogP contribution in [-0.4, -0.2) is 11.7 Å². The monoisotopic (exact) mass is 185 g/mol. The maximum atomic E-state index is 13.0. The van der Waals surface area contributed by atoms with E-state index >= 15 is 0 Å². The Morgan fingerprint density at radius 2 is 2.00 bits per heavy atom. The Hall–Kier alpha value is -1.42. The van der Waals surface area contributed by atoms with E-state index in [0.29, 0.717) is 0 Å². The Morgan fingerprint density at radius 1 is 1.31 bits per heavy atom. The van der Waals surface area contributed by atoms with Crippen molar-refractivity contribution in [2.75, 3.05) is 12.3 Å². The molecule has 0 heterocycles. The number of halogens is 2. The molecule has 70 valence electrons. The van der Waals surface area contributed by atoms with Gasteiger partial charge in [0, 0.05) is 11.6 Å². The Bertz CT molecular complexity index is 337. The SMILES string of the molecule is Nc1cc(F)c(C=CCO)cc1F. The van der Waals surface area contributed by atoms with Crippen molar-refractivity contribution in [3.63, 3.8) is 0 Å². The number of aliphatic hydroxyl groups is 1. The van der Waals surface area contributed by atoms with Crippen LogP contribution in [0, 0.1) is 11.6 Å². The molecule has 2 nitrogen and oxygen atoms in total. The van der Waals surface area contributed by atoms with Crippen molar-refractivity contribution in [1.82, 2.24) is 0 Å². The number of aliphatic hydroxyl groups excluding tert-OH is 1. The zero-order valence-electron chi connectivity index (χ0n) is 6.80. The van der Waals surface area contributed by atoms with Gasteiger partial charge in [0.1, 0.15) is 11.6 Å². The fourth-order valence-corrected chi connectivity index (χ4v) is 0.885. The van der Waals surface area contributed by atoms with Crippen molar-refractivity contribution in [2.24, 2.45) is 0 Å². The van der Waals surface area contributed by atoms with E-state index in [1.807, 2.05) is 0 Å². The van der Waals surface area contributed by atoms with E-state index in [1.165, 1.54) is 12.2 Å². The van der Waals surface area contributed by atoms with Crippen LogP contribution in [0.25, 0.3) is 6.08 Å². The maximum Gasteiger partial charge on any atom is 0.146 e. The van der Waals surface area contributed by atoms with Gasteiger partial charge in [-0.25, -0.2) is 8.78 Å². The average Bonchev–Trinajstić information content (AvgIpc) is 2.09. The van der Waals surface area contributed by atoms with E-state index in [4.69, 9.17) is 10.8 Å². The lowest BCUT2D eigenvalue weighted by molar-refractivity contribution is 0.343. The summed E-state index contributed by atoms with van der Waals surface area (Å²) in [6.07, 6.45) is 2.60. The maximum absolute atomic E-state index is 13.0. The Labute approximate surface area is 74.3 Å². The second kappa shape index (κ2) is 4.00. The van der Waals surface area contributed by atoms with Crippen LogP contribution >= 0.6 is 0 Å². The third kappa shape index (κ3) is 2.26. The van der Waals surface area contributed by atoms with Gasteiger partial charge in [-0.15, -0.1) is 0 Å². The van der Waals surface area contributed by atoms with Crippen LogP contribution in [0.4, 0.5) is 14.5 Å². The molecule has 0 unspecified atom stereocenters. The van der Waals surface area contributed by atoms with E-state index in [-0.39, 0.29) is 17.9 Å². The molecule has 0 bridgehead atoms. The molecule has 4 heteroatoms. The number of nitrogens with two attached hydrogens (primary N) is 1. The van der Waals surface area contributed by atoms with Crippen LogP contribution < -0.4 is 5.73 Å². The van der Waals surface area contributed by atoms with Crippen LogP contribution in [0.1, 0.15) is 5.56 Å². The van der Waals surface area contributed by atoms with Crippen molar-refractivity contribution in [3.8, 4) is 0 Å². The molecule has 0 saturated heterocycles. The van der Waals surface area contributed by atoms with Gasteiger partial charge in [-0.2, -0.15) is 0 Å². The van der Waals surface area contributed by atoms with Crippen LogP contribution in [0.5, 0.6) is 0 Å². The molecule has 0 spiro atoms. The molecule has 1 aromatic carbocycles. The largest absolute Gasteiger partial charge is 0.396 e. The first kappa shape index (κ1) is 9.67. The van der Waals surface area contributed by atoms with E-state index in [1.54, 1.807) is 0 Å². The van der Waals surface area contributed by atoms with Crippen molar-refractivity contribution in [1.29, 1.82) is 0 Å². The van der Waals surface area contributed by atoms with Crippen LogP contribution in [0.15, 0.2) is 18.2 Å². The van der Waals surface area contributed by atoms with Gasteiger partial charge in [0.2, 0.25) is 0 Å². The van der Waals surface area contributed by atoms with Gasteiger partial charge in [0.25, 0.3) is 0 Å². The highest BCUT2D eigenvalue weighted by Crippen LogP contribution is 2.17. The van der Waals surface area contributed by atoms with Gasteiger partial charge in [-0.3, -0.25) is 0 Å². The highest BCUT2D eigenvalue weighted by molar-refractivity contribution is 5.55. The Kier molecular flexibility index (Phi) is 2.97. The van der Waals surface area contributed by atoms with Gasteiger partial charge >= 0.3 is 0 Å². The Morgan fingerprint density at radius 3 is 2.62 bits per heavy atom. The minimum Gasteiger partial charge on any atom is -0.396 e. The lowest BCUT2D eigenvalue weighted by Crippen LogP contribution is -1.94. The molecular formula is C9H9F2NO. The standard InChI is InChI=1S/C9H9F2NO/c10-7-5-9(12)8(11)4-6(7)2-1-3-13/h1-2,4-5,13H,3,12H2. The average molecular weight is 185 g/mol. The van der Waals surface area contributed by atoms with Crippen molar-refractivity contribution < 1.29 is 13.9 Å². The summed E-state index contributed by atoms with van der Waals surface area (Å²) in [5.41, 5.74) is 4.98. The first-order chi connectivity index (χ1) is 6.15. The molecular weight excluding hydrogens is 176 g/mol. The topological polar surface area (TPSA) is 46.2 Å². The summed E-state index contributed by atoms with van der Waals surface area (Å²) in [4.78, 5) is 0. The molecule has 0 aliphatic rings. The number of hydrogen-bond donors (Lipinski definition) is 2. The molecule has 1 aromatic rings. The van der Waals surface area contributed by atoms with Gasteiger partial charge < -0.3 is 10.8 Å². The third-order valence-corrected chi connectivity index (χ3v) is 1.52. The smallest absolute Gasteiger partial charge is 0.146 e. The summed E-state index contributed by atoms with van der Waals surface area (Å²) in [6.45, 7) is -0.217. The Balaban J connectivity index is 3.08. The third-order valence-electron chi connectivity index (χ3n) is 1.52. The van der Waals surface area contributed by atoms with E-state index in [9.17, 15) is 8.78 Å². The highest BCUT2D eigenvalue weighted by Gasteiger charge is 2.04. The predicted molar refractivity (Wildman–Crippen MR) is 46.9 cm³/mol. The number of rotatable bonds is 2. The zero-order valence-corrected chi connectivity index (χ0v) is 6.80. The van der Waals surface area contributed by atoms with Crippen molar-refractivity contribution >= 4 is 11.8 Å². The summed E-state index contributed by atoms with van der Waals surface area (Å²) in [7, 11) is 0. The zero-order chi connectivity index (χ0) is 9.84. The van der Waals surface area contributed by atoms with Crippen LogP contribution in [0.2, 0.25) is 0 Å². The van der Waals surface area contributed by atoms with Crippen molar-refractivity contribution in [2.45, 2.75) is 0 Å². The first-order valence-electron chi connectivity index (χ1n) is 3.67. The predicted octanol–water partition coefficient (Wildman–Crippen LogP) is 1.55. The molecule has 13 heavy (non-hydrogen) atoms. The van der Waals surface area contributed by atoms with E-state index in [0.717, 1.165) is 12.1 Å². The number of benzene rings is 1. The van der Waals surface area contributed by atoms with E-state index in [2.05, 4.69) is 0 Å². The molecule has 0 radical (unpaired) electrons. The molecule has 0 saturated carbocycles. The summed E-state index contributed by atoms with van der Waals surface area (Å²) in [5, 5.41) is 8.41. The molecule has 0 aromatic heterocycles. The van der Waals surface area contributed by atoms with Crippen molar-refractivity contribution in [3.05, 3.63) is 35.4 Å².